The molecule has 0 aliphatic carbocycles. The summed E-state index contributed by atoms with van der Waals surface area (Å²) in [5, 5.41) is 8.73. The molecule has 0 unspecified atom stereocenters. The van der Waals surface area contributed by atoms with Crippen LogP contribution in [0.3, 0.4) is 0 Å². The van der Waals surface area contributed by atoms with Crippen molar-refractivity contribution in [2.75, 3.05) is 0 Å². The van der Waals surface area contributed by atoms with Gasteiger partial charge in [-0.25, -0.2) is 9.37 Å². The molecule has 2 heterocycles. The number of aromatic nitrogens is 1. The summed E-state index contributed by atoms with van der Waals surface area (Å²) in [6.07, 6.45) is 1.11. The van der Waals surface area contributed by atoms with E-state index in [9.17, 15) is 4.39 Å². The fraction of sp³-hybridized carbons (Fsp3) is 0. The van der Waals surface area contributed by atoms with Crippen LogP contribution in [0, 0.1) is 5.82 Å². The third-order valence-electron chi connectivity index (χ3n) is 1.59. The summed E-state index contributed by atoms with van der Waals surface area (Å²) in [7, 11) is 0. The molecule has 0 saturated heterocycles. The van der Waals surface area contributed by atoms with Gasteiger partial charge in [0.15, 0.2) is 11.0 Å². The van der Waals surface area contributed by atoms with Crippen molar-refractivity contribution in [3.05, 3.63) is 22.4 Å². The van der Waals surface area contributed by atoms with Crippen molar-refractivity contribution in [2.45, 2.75) is 0 Å². The maximum atomic E-state index is 13.2. The summed E-state index contributed by atoms with van der Waals surface area (Å²) in [4.78, 5) is 3.50. The van der Waals surface area contributed by atoms with Gasteiger partial charge in [0, 0.05) is 0 Å². The molecular weight excluding hydrogens is 220 g/mol. The molecule has 0 aliphatic rings. The number of pyridine rings is 1. The summed E-state index contributed by atoms with van der Waals surface area (Å²) in [6, 6.07) is 0. The predicted octanol–water partition coefficient (Wildman–Crippen LogP) is 2.98. The minimum Gasteiger partial charge on any atom is -0.480 e. The predicted molar refractivity (Wildman–Crippen MR) is 45.7 cm³/mol. The number of rotatable bonds is 0. The fourth-order valence-corrected chi connectivity index (χ4v) is 1.46. The minimum atomic E-state index is -0.840. The van der Waals surface area contributed by atoms with Gasteiger partial charge in [-0.05, 0) is 0 Å². The van der Waals surface area contributed by atoms with E-state index in [2.05, 4.69) is 9.40 Å². The molecule has 0 amide bonds. The number of halogens is 3. The highest BCUT2D eigenvalue weighted by Gasteiger charge is 2.17. The molecule has 6 heteroatoms. The van der Waals surface area contributed by atoms with Gasteiger partial charge in [0.25, 0.3) is 5.95 Å². The highest BCUT2D eigenvalue weighted by molar-refractivity contribution is 6.36. The zero-order valence-corrected chi connectivity index (χ0v) is 7.53. The van der Waals surface area contributed by atoms with Gasteiger partial charge < -0.3 is 9.52 Å². The highest BCUT2D eigenvalue weighted by atomic mass is 35.5. The van der Waals surface area contributed by atoms with Gasteiger partial charge in [-0.2, -0.15) is 0 Å². The Morgan fingerprint density at radius 3 is 2.77 bits per heavy atom. The summed E-state index contributed by atoms with van der Waals surface area (Å²) in [6.45, 7) is 0. The van der Waals surface area contributed by atoms with E-state index < -0.39 is 16.9 Å². The van der Waals surface area contributed by atoms with Crippen LogP contribution in [0.15, 0.2) is 10.7 Å². The first-order valence-corrected chi connectivity index (χ1v) is 3.97. The van der Waals surface area contributed by atoms with Crippen LogP contribution in [0.25, 0.3) is 10.8 Å². The van der Waals surface area contributed by atoms with Crippen molar-refractivity contribution >= 4 is 34.0 Å². The lowest BCUT2D eigenvalue weighted by Crippen LogP contribution is -1.84. The van der Waals surface area contributed by atoms with Crippen LogP contribution in [-0.4, -0.2) is 10.1 Å². The molecule has 2 aromatic rings. The van der Waals surface area contributed by atoms with Crippen LogP contribution in [-0.2, 0) is 0 Å². The molecule has 0 aromatic carbocycles. The number of furan rings is 1. The fourth-order valence-electron chi connectivity index (χ4n) is 1.01. The van der Waals surface area contributed by atoms with Crippen LogP contribution >= 0.6 is 23.2 Å². The van der Waals surface area contributed by atoms with Crippen LogP contribution in [0.5, 0.6) is 5.95 Å². The summed E-state index contributed by atoms with van der Waals surface area (Å²) >= 11 is 11.0. The molecule has 0 fully saturated rings. The molecule has 0 radical (unpaired) electrons. The largest absolute Gasteiger partial charge is 0.480 e. The smallest absolute Gasteiger partial charge is 0.293 e. The van der Waals surface area contributed by atoms with E-state index in [1.807, 2.05) is 0 Å². The van der Waals surface area contributed by atoms with Crippen molar-refractivity contribution < 1.29 is 13.9 Å². The zero-order chi connectivity index (χ0) is 9.59. The van der Waals surface area contributed by atoms with Crippen LogP contribution in [0.2, 0.25) is 10.3 Å². The first-order valence-electron chi connectivity index (χ1n) is 3.22. The Balaban J connectivity index is 3.00. The quantitative estimate of drug-likeness (QED) is 0.697. The van der Waals surface area contributed by atoms with E-state index in [1.54, 1.807) is 0 Å². The molecule has 68 valence electrons. The topological polar surface area (TPSA) is 46.3 Å². The molecule has 1 N–H and O–H groups in total. The number of hydrogen-bond acceptors (Lipinski definition) is 3. The second kappa shape index (κ2) is 2.75. The van der Waals surface area contributed by atoms with Crippen LogP contribution < -0.4 is 0 Å². The molecule has 0 aliphatic heterocycles. The lowest BCUT2D eigenvalue weighted by atomic mass is 10.3. The van der Waals surface area contributed by atoms with Gasteiger partial charge in [-0.1, -0.05) is 23.2 Å². The average molecular weight is 222 g/mol. The molecule has 2 rings (SSSR count). The highest BCUT2D eigenvalue weighted by Crippen LogP contribution is 2.35. The maximum absolute atomic E-state index is 13.2. The number of fused-ring (bicyclic) bond motifs is 1. The standard InChI is InChI=1S/C7H2Cl2FNO2/c8-5-2-1-13-7(12)3(2)4(10)6(9)11-5/h1,12H. The second-order valence-electron chi connectivity index (χ2n) is 2.34. The normalized spacial score (nSPS) is 11.0. The molecule has 0 bridgehead atoms. The van der Waals surface area contributed by atoms with Crippen LogP contribution in [0.4, 0.5) is 4.39 Å². The lowest BCUT2D eigenvalue weighted by molar-refractivity contribution is 0.336. The minimum absolute atomic E-state index is 0.00884. The van der Waals surface area contributed by atoms with E-state index in [0.717, 1.165) is 6.26 Å². The Kier molecular flexibility index (Phi) is 1.82. The van der Waals surface area contributed by atoms with Gasteiger partial charge in [-0.3, -0.25) is 0 Å². The monoisotopic (exact) mass is 221 g/mol. The van der Waals surface area contributed by atoms with Gasteiger partial charge >= 0.3 is 0 Å². The molecular formula is C7H2Cl2FNO2. The number of aromatic hydroxyl groups is 1. The average Bonchev–Trinajstić information content (AvgIpc) is 2.44. The molecule has 0 spiro atoms. The summed E-state index contributed by atoms with van der Waals surface area (Å²) in [5.74, 6) is -1.40. The maximum Gasteiger partial charge on any atom is 0.293 e. The van der Waals surface area contributed by atoms with E-state index in [0.29, 0.717) is 0 Å². The lowest BCUT2D eigenvalue weighted by Gasteiger charge is -1.96. The van der Waals surface area contributed by atoms with Gasteiger partial charge in [-0.15, -0.1) is 0 Å². The zero-order valence-electron chi connectivity index (χ0n) is 6.01. The number of nitrogens with zero attached hydrogens (tertiary/aromatic N) is 1. The first kappa shape index (κ1) is 8.59. The third kappa shape index (κ3) is 1.14. The van der Waals surface area contributed by atoms with Crippen molar-refractivity contribution in [1.82, 2.24) is 4.98 Å². The SMILES string of the molecule is Oc1occ2c(Cl)nc(Cl)c(F)c12. The summed E-state index contributed by atoms with van der Waals surface area (Å²) < 4.78 is 17.8. The van der Waals surface area contributed by atoms with Gasteiger partial charge in [0.2, 0.25) is 0 Å². The Labute approximate surface area is 81.7 Å². The van der Waals surface area contributed by atoms with Gasteiger partial charge in [0.05, 0.1) is 5.39 Å². The van der Waals surface area contributed by atoms with E-state index >= 15 is 0 Å². The molecule has 3 nitrogen and oxygen atoms in total. The van der Waals surface area contributed by atoms with E-state index in [-0.39, 0.29) is 15.9 Å². The number of hydrogen-bond donors (Lipinski definition) is 1. The Morgan fingerprint density at radius 1 is 1.38 bits per heavy atom. The second-order valence-corrected chi connectivity index (χ2v) is 3.05. The third-order valence-corrected chi connectivity index (χ3v) is 2.13. The molecule has 13 heavy (non-hydrogen) atoms. The van der Waals surface area contributed by atoms with Crippen molar-refractivity contribution in [3.63, 3.8) is 0 Å². The van der Waals surface area contributed by atoms with Gasteiger partial charge in [0.1, 0.15) is 16.8 Å². The molecule has 2 aromatic heterocycles. The Bertz CT molecular complexity index is 483. The van der Waals surface area contributed by atoms with E-state index in [4.69, 9.17) is 28.3 Å². The van der Waals surface area contributed by atoms with E-state index in [1.165, 1.54) is 0 Å². The first-order chi connectivity index (χ1) is 6.11. The molecule has 0 atom stereocenters. The Hall–Kier alpha value is -1.00. The Morgan fingerprint density at radius 2 is 2.08 bits per heavy atom. The summed E-state index contributed by atoms with van der Waals surface area (Å²) in [5.41, 5.74) is 0. The molecule has 0 saturated carbocycles. The van der Waals surface area contributed by atoms with Crippen molar-refractivity contribution in [2.24, 2.45) is 0 Å². The van der Waals surface area contributed by atoms with Crippen molar-refractivity contribution in [3.8, 4) is 5.95 Å². The van der Waals surface area contributed by atoms with Crippen molar-refractivity contribution in [1.29, 1.82) is 0 Å². The van der Waals surface area contributed by atoms with Crippen LogP contribution in [0.1, 0.15) is 0 Å².